The fourth-order valence-corrected chi connectivity index (χ4v) is 4.57. The van der Waals surface area contributed by atoms with Gasteiger partial charge in [-0.3, -0.25) is 4.90 Å². The summed E-state index contributed by atoms with van der Waals surface area (Å²) in [5.74, 6) is 1.84. The van der Waals surface area contributed by atoms with Gasteiger partial charge in [0.2, 0.25) is 0 Å². The highest BCUT2D eigenvalue weighted by Crippen LogP contribution is 2.27. The molecule has 3 aliphatic rings. The molecule has 0 spiro atoms. The van der Waals surface area contributed by atoms with Gasteiger partial charge >= 0.3 is 0 Å². The van der Waals surface area contributed by atoms with Crippen LogP contribution in [0.5, 0.6) is 5.75 Å². The van der Waals surface area contributed by atoms with Crippen molar-refractivity contribution in [3.8, 4) is 5.75 Å². The number of rotatable bonds is 5. The van der Waals surface area contributed by atoms with Crippen molar-refractivity contribution in [1.29, 1.82) is 0 Å². The Hall–Kier alpha value is -1.10. The molecule has 4 nitrogen and oxygen atoms in total. The van der Waals surface area contributed by atoms with Gasteiger partial charge < -0.3 is 14.5 Å². The summed E-state index contributed by atoms with van der Waals surface area (Å²) in [5.41, 5.74) is 1.40. The van der Waals surface area contributed by atoms with E-state index in [9.17, 15) is 0 Å². The predicted octanol–water partition coefficient (Wildman–Crippen LogP) is 2.34. The minimum Gasteiger partial charge on any atom is -0.493 e. The highest BCUT2D eigenvalue weighted by molar-refractivity contribution is 5.34. The van der Waals surface area contributed by atoms with Crippen molar-refractivity contribution >= 4 is 0 Å². The molecule has 0 bridgehead atoms. The van der Waals surface area contributed by atoms with Crippen molar-refractivity contribution in [2.24, 2.45) is 5.92 Å². The van der Waals surface area contributed by atoms with Crippen molar-refractivity contribution in [3.05, 3.63) is 29.8 Å². The van der Waals surface area contributed by atoms with E-state index in [4.69, 9.17) is 4.74 Å². The Morgan fingerprint density at radius 1 is 0.840 bits per heavy atom. The molecular formula is C21H33N3O. The highest BCUT2D eigenvalue weighted by Gasteiger charge is 2.23. The maximum absolute atomic E-state index is 5.93. The van der Waals surface area contributed by atoms with Crippen molar-refractivity contribution in [3.63, 3.8) is 0 Å². The molecule has 4 rings (SSSR count). The lowest BCUT2D eigenvalue weighted by atomic mass is 9.96. The number of hydrogen-bond acceptors (Lipinski definition) is 4. The average molecular weight is 344 g/mol. The maximum atomic E-state index is 5.93. The quantitative estimate of drug-likeness (QED) is 0.817. The van der Waals surface area contributed by atoms with E-state index in [1.807, 2.05) is 0 Å². The first kappa shape index (κ1) is 17.3. The van der Waals surface area contributed by atoms with Crippen molar-refractivity contribution in [1.82, 2.24) is 14.7 Å². The summed E-state index contributed by atoms with van der Waals surface area (Å²) in [6.45, 7) is 12.3. The van der Waals surface area contributed by atoms with Crippen LogP contribution in [0.15, 0.2) is 24.3 Å². The number of hydrogen-bond donors (Lipinski definition) is 0. The molecule has 0 radical (unpaired) electrons. The molecular weight excluding hydrogens is 310 g/mol. The van der Waals surface area contributed by atoms with Crippen LogP contribution >= 0.6 is 0 Å². The molecule has 0 aliphatic carbocycles. The number of nitrogens with zero attached hydrogens (tertiary/aromatic N) is 3. The van der Waals surface area contributed by atoms with Gasteiger partial charge in [-0.1, -0.05) is 18.2 Å². The minimum atomic E-state index is 0.736. The fraction of sp³-hybridized carbons (Fsp3) is 0.714. The summed E-state index contributed by atoms with van der Waals surface area (Å²) in [5, 5.41) is 0. The van der Waals surface area contributed by atoms with E-state index in [1.54, 1.807) is 0 Å². The molecule has 4 heteroatoms. The Labute approximate surface area is 152 Å². The molecule has 0 amide bonds. The normalized spacial score (nSPS) is 26.2. The van der Waals surface area contributed by atoms with Crippen LogP contribution in [0.4, 0.5) is 0 Å². The largest absolute Gasteiger partial charge is 0.493 e. The Bertz CT molecular complexity index is 536. The molecule has 0 aromatic heterocycles. The zero-order valence-corrected chi connectivity index (χ0v) is 15.5. The number of piperazine rings is 1. The van der Waals surface area contributed by atoms with Crippen LogP contribution in [0.2, 0.25) is 0 Å². The SMILES string of the molecule is c1ccc2c(c1)C[C@H](CN1CCN(CCN3CCCC3)CC1)CCO2. The second-order valence-corrected chi connectivity index (χ2v) is 8.01. The van der Waals surface area contributed by atoms with E-state index < -0.39 is 0 Å². The number of likely N-dealkylation sites (tertiary alicyclic amines) is 1. The topological polar surface area (TPSA) is 19.0 Å². The molecule has 0 saturated carbocycles. The summed E-state index contributed by atoms with van der Waals surface area (Å²) < 4.78 is 5.93. The third-order valence-electron chi connectivity index (χ3n) is 6.18. The molecule has 25 heavy (non-hydrogen) atoms. The highest BCUT2D eigenvalue weighted by atomic mass is 16.5. The van der Waals surface area contributed by atoms with Crippen LogP contribution < -0.4 is 4.74 Å². The lowest BCUT2D eigenvalue weighted by Crippen LogP contribution is -2.49. The van der Waals surface area contributed by atoms with Crippen LogP contribution in [-0.2, 0) is 6.42 Å². The summed E-state index contributed by atoms with van der Waals surface area (Å²) >= 11 is 0. The summed E-state index contributed by atoms with van der Waals surface area (Å²) in [6, 6.07) is 8.59. The Morgan fingerprint density at radius 3 is 2.32 bits per heavy atom. The molecule has 1 aromatic rings. The van der Waals surface area contributed by atoms with E-state index >= 15 is 0 Å². The van der Waals surface area contributed by atoms with Gasteiger partial charge in [0.1, 0.15) is 5.75 Å². The lowest BCUT2D eigenvalue weighted by Gasteiger charge is -2.37. The van der Waals surface area contributed by atoms with Crippen molar-refractivity contribution in [2.45, 2.75) is 25.7 Å². The Balaban J connectivity index is 1.20. The van der Waals surface area contributed by atoms with Gasteiger partial charge in [0.15, 0.2) is 0 Å². The van der Waals surface area contributed by atoms with E-state index in [0.29, 0.717) is 0 Å². The second kappa shape index (κ2) is 8.52. The molecule has 3 heterocycles. The van der Waals surface area contributed by atoms with Crippen LogP contribution in [-0.4, -0.2) is 80.2 Å². The second-order valence-electron chi connectivity index (χ2n) is 8.01. The smallest absolute Gasteiger partial charge is 0.122 e. The van der Waals surface area contributed by atoms with Gasteiger partial charge in [-0.15, -0.1) is 0 Å². The first-order valence-corrected chi connectivity index (χ1v) is 10.2. The van der Waals surface area contributed by atoms with Gasteiger partial charge in [-0.2, -0.15) is 0 Å². The molecule has 0 N–H and O–H groups in total. The molecule has 1 aromatic carbocycles. The molecule has 0 unspecified atom stereocenters. The zero-order chi connectivity index (χ0) is 16.9. The first-order valence-electron chi connectivity index (χ1n) is 10.2. The summed E-state index contributed by atoms with van der Waals surface area (Å²) in [7, 11) is 0. The lowest BCUT2D eigenvalue weighted by molar-refractivity contribution is 0.106. The van der Waals surface area contributed by atoms with Gasteiger partial charge in [0.25, 0.3) is 0 Å². The monoisotopic (exact) mass is 343 g/mol. The van der Waals surface area contributed by atoms with Crippen molar-refractivity contribution in [2.75, 3.05) is 65.5 Å². The summed E-state index contributed by atoms with van der Waals surface area (Å²) in [6.07, 6.45) is 5.17. The molecule has 2 fully saturated rings. The standard InChI is InChI=1S/C21H33N3O/c1-2-6-21-20(5-1)17-19(7-16-25-21)18-24-14-12-23(13-15-24)11-10-22-8-3-4-9-22/h1-2,5-6,19H,3-4,7-18H2/t19-/m1/s1. The zero-order valence-electron chi connectivity index (χ0n) is 15.5. The van der Waals surface area contributed by atoms with Crippen molar-refractivity contribution < 1.29 is 4.74 Å². The van der Waals surface area contributed by atoms with E-state index in [0.717, 1.165) is 18.3 Å². The molecule has 3 aliphatic heterocycles. The van der Waals surface area contributed by atoms with Crippen LogP contribution in [0, 0.1) is 5.92 Å². The fourth-order valence-electron chi connectivity index (χ4n) is 4.57. The van der Waals surface area contributed by atoms with Gasteiger partial charge in [-0.25, -0.2) is 0 Å². The third-order valence-corrected chi connectivity index (χ3v) is 6.18. The van der Waals surface area contributed by atoms with Gasteiger partial charge in [0.05, 0.1) is 6.61 Å². The van der Waals surface area contributed by atoms with Crippen LogP contribution in [0.25, 0.3) is 0 Å². The Morgan fingerprint density at radius 2 is 1.52 bits per heavy atom. The summed E-state index contributed by atoms with van der Waals surface area (Å²) in [4.78, 5) is 7.99. The van der Waals surface area contributed by atoms with Crippen LogP contribution in [0.3, 0.4) is 0 Å². The predicted molar refractivity (Wildman–Crippen MR) is 102 cm³/mol. The Kier molecular flexibility index (Phi) is 5.90. The van der Waals surface area contributed by atoms with E-state index in [1.165, 1.54) is 90.1 Å². The van der Waals surface area contributed by atoms with Gasteiger partial charge in [0, 0.05) is 45.8 Å². The minimum absolute atomic E-state index is 0.736. The number of ether oxygens (including phenoxy) is 1. The number of para-hydroxylation sites is 1. The maximum Gasteiger partial charge on any atom is 0.122 e. The number of benzene rings is 1. The number of fused-ring (bicyclic) bond motifs is 1. The van der Waals surface area contributed by atoms with Crippen LogP contribution in [0.1, 0.15) is 24.8 Å². The molecule has 138 valence electrons. The third kappa shape index (κ3) is 4.75. The first-order chi connectivity index (χ1) is 12.4. The van der Waals surface area contributed by atoms with E-state index in [-0.39, 0.29) is 0 Å². The average Bonchev–Trinajstić information content (AvgIpc) is 3.08. The van der Waals surface area contributed by atoms with E-state index in [2.05, 4.69) is 39.0 Å². The molecule has 2 saturated heterocycles. The van der Waals surface area contributed by atoms with Gasteiger partial charge in [-0.05, 0) is 56.3 Å². The molecule has 1 atom stereocenters.